The zero-order valence-electron chi connectivity index (χ0n) is 17.3. The molecule has 29 heavy (non-hydrogen) atoms. The predicted octanol–water partition coefficient (Wildman–Crippen LogP) is 3.06. The van der Waals surface area contributed by atoms with E-state index in [0.29, 0.717) is 25.9 Å². The lowest BCUT2D eigenvalue weighted by molar-refractivity contribution is -0.126. The molecule has 1 aliphatic rings. The Morgan fingerprint density at radius 3 is 2.34 bits per heavy atom. The number of rotatable bonds is 5. The summed E-state index contributed by atoms with van der Waals surface area (Å²) in [7, 11) is 3.98. The highest BCUT2D eigenvalue weighted by atomic mass is 16.2. The van der Waals surface area contributed by atoms with Crippen LogP contribution in [0.5, 0.6) is 0 Å². The number of benzene rings is 2. The SMILES string of the molecule is Cc1ccccc1C(=O)N1CCC(C(=O)N/N=C\c2ccc(N(C)C)cc2)CC1. The smallest absolute Gasteiger partial charge is 0.254 e. The maximum absolute atomic E-state index is 12.7. The zero-order valence-corrected chi connectivity index (χ0v) is 17.3. The molecule has 0 unspecified atom stereocenters. The number of nitrogens with one attached hydrogen (secondary N) is 1. The molecule has 1 fully saturated rings. The highest BCUT2D eigenvalue weighted by Gasteiger charge is 2.28. The second-order valence-corrected chi connectivity index (χ2v) is 7.60. The summed E-state index contributed by atoms with van der Waals surface area (Å²) in [6, 6.07) is 15.5. The molecule has 1 saturated heterocycles. The number of hydrazone groups is 1. The Morgan fingerprint density at radius 1 is 1.07 bits per heavy atom. The largest absolute Gasteiger partial charge is 0.378 e. The van der Waals surface area contributed by atoms with E-state index in [2.05, 4.69) is 10.5 Å². The minimum Gasteiger partial charge on any atom is -0.378 e. The number of hydrogen-bond acceptors (Lipinski definition) is 4. The number of anilines is 1. The third-order valence-electron chi connectivity index (χ3n) is 5.33. The minimum absolute atomic E-state index is 0.0427. The van der Waals surface area contributed by atoms with Gasteiger partial charge in [0.15, 0.2) is 0 Å². The molecule has 0 bridgehead atoms. The molecule has 0 saturated carbocycles. The average molecular weight is 393 g/mol. The number of aryl methyl sites for hydroxylation is 1. The Morgan fingerprint density at radius 2 is 1.72 bits per heavy atom. The number of piperidine rings is 1. The number of amides is 2. The molecule has 2 aromatic carbocycles. The van der Waals surface area contributed by atoms with Crippen LogP contribution in [0, 0.1) is 12.8 Å². The van der Waals surface area contributed by atoms with Gasteiger partial charge < -0.3 is 9.80 Å². The fraction of sp³-hybridized carbons (Fsp3) is 0.348. The Bertz CT molecular complexity index is 882. The van der Waals surface area contributed by atoms with E-state index >= 15 is 0 Å². The summed E-state index contributed by atoms with van der Waals surface area (Å²) < 4.78 is 0. The first-order valence-corrected chi connectivity index (χ1v) is 9.91. The maximum Gasteiger partial charge on any atom is 0.254 e. The van der Waals surface area contributed by atoms with Crippen molar-refractivity contribution in [2.75, 3.05) is 32.1 Å². The molecule has 3 rings (SSSR count). The van der Waals surface area contributed by atoms with Crippen LogP contribution in [0.25, 0.3) is 0 Å². The summed E-state index contributed by atoms with van der Waals surface area (Å²) in [4.78, 5) is 28.9. The van der Waals surface area contributed by atoms with Crippen LogP contribution < -0.4 is 10.3 Å². The Hall–Kier alpha value is -3.15. The van der Waals surface area contributed by atoms with E-state index in [1.165, 1.54) is 0 Å². The predicted molar refractivity (Wildman–Crippen MR) is 116 cm³/mol. The molecule has 2 aromatic rings. The third-order valence-corrected chi connectivity index (χ3v) is 5.33. The van der Waals surface area contributed by atoms with Gasteiger partial charge in [0.05, 0.1) is 6.21 Å². The fourth-order valence-corrected chi connectivity index (χ4v) is 3.45. The van der Waals surface area contributed by atoms with Crippen LogP contribution in [0.3, 0.4) is 0 Å². The van der Waals surface area contributed by atoms with E-state index in [1.54, 1.807) is 6.21 Å². The quantitative estimate of drug-likeness (QED) is 0.628. The van der Waals surface area contributed by atoms with Crippen LogP contribution in [-0.4, -0.2) is 50.1 Å². The molecular formula is C23H28N4O2. The second kappa shape index (κ2) is 9.37. The van der Waals surface area contributed by atoms with Crippen molar-refractivity contribution in [1.29, 1.82) is 0 Å². The molecule has 6 heteroatoms. The lowest BCUT2D eigenvalue weighted by Crippen LogP contribution is -2.42. The molecule has 0 aliphatic carbocycles. The fourth-order valence-electron chi connectivity index (χ4n) is 3.45. The van der Waals surface area contributed by atoms with Gasteiger partial charge in [-0.1, -0.05) is 30.3 Å². The van der Waals surface area contributed by atoms with Crippen LogP contribution in [-0.2, 0) is 4.79 Å². The minimum atomic E-state index is -0.121. The summed E-state index contributed by atoms with van der Waals surface area (Å²) in [5.74, 6) is -0.167. The van der Waals surface area contributed by atoms with Gasteiger partial charge in [-0.25, -0.2) is 5.43 Å². The summed E-state index contributed by atoms with van der Waals surface area (Å²) in [5.41, 5.74) is 6.39. The van der Waals surface area contributed by atoms with Gasteiger partial charge >= 0.3 is 0 Å². The average Bonchev–Trinajstić information content (AvgIpc) is 2.74. The lowest BCUT2D eigenvalue weighted by atomic mass is 9.95. The molecule has 0 spiro atoms. The molecule has 6 nitrogen and oxygen atoms in total. The Labute approximate surface area is 172 Å². The van der Waals surface area contributed by atoms with Gasteiger partial charge in [-0.2, -0.15) is 5.10 Å². The lowest BCUT2D eigenvalue weighted by Gasteiger charge is -2.31. The van der Waals surface area contributed by atoms with E-state index in [0.717, 1.165) is 22.4 Å². The molecule has 1 heterocycles. The standard InChI is InChI=1S/C23H28N4O2/c1-17-6-4-5-7-21(17)23(29)27-14-12-19(13-15-27)22(28)25-24-16-18-8-10-20(11-9-18)26(2)3/h4-11,16,19H,12-15H2,1-3H3,(H,25,28)/b24-16-. The molecule has 152 valence electrons. The topological polar surface area (TPSA) is 65.0 Å². The monoisotopic (exact) mass is 392 g/mol. The van der Waals surface area contributed by atoms with Crippen LogP contribution in [0.15, 0.2) is 53.6 Å². The summed E-state index contributed by atoms with van der Waals surface area (Å²) >= 11 is 0. The second-order valence-electron chi connectivity index (χ2n) is 7.60. The molecule has 1 N–H and O–H groups in total. The van der Waals surface area contributed by atoms with Gasteiger partial charge in [-0.15, -0.1) is 0 Å². The van der Waals surface area contributed by atoms with Crippen molar-refractivity contribution in [3.63, 3.8) is 0 Å². The zero-order chi connectivity index (χ0) is 20.8. The van der Waals surface area contributed by atoms with Crippen molar-refractivity contribution >= 4 is 23.7 Å². The molecular weight excluding hydrogens is 364 g/mol. The third kappa shape index (κ3) is 5.22. The van der Waals surface area contributed by atoms with Crippen molar-refractivity contribution in [3.8, 4) is 0 Å². The summed E-state index contributed by atoms with van der Waals surface area (Å²) in [6.45, 7) is 3.11. The van der Waals surface area contributed by atoms with E-state index in [9.17, 15) is 9.59 Å². The normalized spacial score (nSPS) is 14.8. The maximum atomic E-state index is 12.7. The van der Waals surface area contributed by atoms with Gasteiger partial charge in [-0.3, -0.25) is 9.59 Å². The van der Waals surface area contributed by atoms with Gasteiger partial charge in [-0.05, 0) is 49.1 Å². The summed E-state index contributed by atoms with van der Waals surface area (Å²) in [6.07, 6.45) is 2.95. The van der Waals surface area contributed by atoms with Gasteiger partial charge in [0, 0.05) is 44.4 Å². The first-order valence-electron chi connectivity index (χ1n) is 9.91. The highest BCUT2D eigenvalue weighted by Crippen LogP contribution is 2.20. The van der Waals surface area contributed by atoms with Gasteiger partial charge in [0.2, 0.25) is 5.91 Å². The first kappa shape index (κ1) is 20.6. The summed E-state index contributed by atoms with van der Waals surface area (Å²) in [5, 5.41) is 4.09. The van der Waals surface area contributed by atoms with Crippen molar-refractivity contribution in [2.45, 2.75) is 19.8 Å². The van der Waals surface area contributed by atoms with Gasteiger partial charge in [0.1, 0.15) is 0 Å². The number of carbonyl (C=O) groups excluding carboxylic acids is 2. The van der Waals surface area contributed by atoms with E-state index < -0.39 is 0 Å². The molecule has 2 amide bonds. The Balaban J connectivity index is 1.48. The molecule has 0 aromatic heterocycles. The van der Waals surface area contributed by atoms with Crippen LogP contribution in [0.2, 0.25) is 0 Å². The molecule has 1 aliphatic heterocycles. The van der Waals surface area contributed by atoms with E-state index in [4.69, 9.17) is 0 Å². The Kier molecular flexibility index (Phi) is 6.65. The highest BCUT2D eigenvalue weighted by molar-refractivity contribution is 5.95. The molecule has 0 radical (unpaired) electrons. The molecule has 0 atom stereocenters. The number of hydrogen-bond donors (Lipinski definition) is 1. The van der Waals surface area contributed by atoms with Crippen molar-refractivity contribution in [2.24, 2.45) is 11.0 Å². The van der Waals surface area contributed by atoms with Crippen LogP contribution in [0.1, 0.15) is 34.3 Å². The van der Waals surface area contributed by atoms with E-state index in [1.807, 2.05) is 79.3 Å². The van der Waals surface area contributed by atoms with Crippen LogP contribution >= 0.6 is 0 Å². The van der Waals surface area contributed by atoms with Crippen molar-refractivity contribution < 1.29 is 9.59 Å². The van der Waals surface area contributed by atoms with Crippen molar-refractivity contribution in [3.05, 3.63) is 65.2 Å². The van der Waals surface area contributed by atoms with Crippen molar-refractivity contribution in [1.82, 2.24) is 10.3 Å². The first-order chi connectivity index (χ1) is 14.0. The van der Waals surface area contributed by atoms with Crippen LogP contribution in [0.4, 0.5) is 5.69 Å². The number of likely N-dealkylation sites (tertiary alicyclic amines) is 1. The van der Waals surface area contributed by atoms with Gasteiger partial charge in [0.25, 0.3) is 5.91 Å². The van der Waals surface area contributed by atoms with E-state index in [-0.39, 0.29) is 17.7 Å². The number of nitrogens with zero attached hydrogens (tertiary/aromatic N) is 3. The number of carbonyl (C=O) groups is 2.